The number of ketones is 2. The second kappa shape index (κ2) is 9.43. The van der Waals surface area contributed by atoms with Crippen molar-refractivity contribution in [2.45, 2.75) is 69.6 Å². The van der Waals surface area contributed by atoms with Crippen LogP contribution in [0.25, 0.3) is 0 Å². The van der Waals surface area contributed by atoms with Crippen LogP contribution in [0.2, 0.25) is 0 Å². The van der Waals surface area contributed by atoms with Gasteiger partial charge in [-0.2, -0.15) is 0 Å². The van der Waals surface area contributed by atoms with E-state index in [4.69, 9.17) is 5.73 Å². The van der Waals surface area contributed by atoms with Crippen molar-refractivity contribution >= 4 is 23.2 Å². The molecule has 0 radical (unpaired) electrons. The van der Waals surface area contributed by atoms with Crippen LogP contribution >= 0.6 is 0 Å². The van der Waals surface area contributed by atoms with Gasteiger partial charge in [0.25, 0.3) is 5.91 Å². The molecule has 4 aliphatic carbocycles. The first-order valence-electron chi connectivity index (χ1n) is 13.2. The Hall–Kier alpha value is -3.37. The molecule has 3 unspecified atom stereocenters. The highest BCUT2D eigenvalue weighted by Crippen LogP contribution is 2.52. The predicted molar refractivity (Wildman–Crippen MR) is 139 cm³/mol. The Labute approximate surface area is 220 Å². The average Bonchev–Trinajstić information content (AvgIpc) is 2.86. The predicted octanol–water partition coefficient (Wildman–Crippen LogP) is 2.07. The Morgan fingerprint density at radius 3 is 2.45 bits per heavy atom. The smallest absolute Gasteiger partial charge is 0.255 e. The van der Waals surface area contributed by atoms with Gasteiger partial charge < -0.3 is 36.4 Å². The third-order valence-corrected chi connectivity index (χ3v) is 8.79. The van der Waals surface area contributed by atoms with Crippen LogP contribution in [0.15, 0.2) is 28.7 Å². The van der Waals surface area contributed by atoms with E-state index in [0.717, 1.165) is 31.4 Å². The fourth-order valence-electron chi connectivity index (χ4n) is 6.82. The minimum Gasteiger partial charge on any atom is -0.511 e. The third-order valence-electron chi connectivity index (χ3n) is 8.79. The number of primary amides is 1. The standard InChI is InChI=1S/C28H35N3O7/c1-31(2)18-10-14(12-30-16-6-4-3-5-7-16)23(33)21-17(18)9-13-8-15-11-19(32)22(27(29)37)26(36)28(15,38)25(35)20(13)24(21)34/h10,13,15-16,30,32-33,35,38H,3-9,11-12H2,1-2H3,(H2,29,37). The van der Waals surface area contributed by atoms with Crippen molar-refractivity contribution in [2.75, 3.05) is 19.0 Å². The summed E-state index contributed by atoms with van der Waals surface area (Å²) in [6.07, 6.45) is 5.78. The number of aromatic hydroxyl groups is 1. The summed E-state index contributed by atoms with van der Waals surface area (Å²) in [5, 5.41) is 47.8. The Bertz CT molecular complexity index is 1290. The molecular formula is C28H35N3O7. The Balaban J connectivity index is 1.59. The van der Waals surface area contributed by atoms with Gasteiger partial charge in [-0.25, -0.2) is 0 Å². The number of nitrogens with one attached hydrogen (secondary N) is 1. The summed E-state index contributed by atoms with van der Waals surface area (Å²) in [5.41, 5.74) is 3.78. The number of fused-ring (bicyclic) bond motifs is 3. The zero-order valence-corrected chi connectivity index (χ0v) is 21.7. The Morgan fingerprint density at radius 1 is 1.13 bits per heavy atom. The minimum atomic E-state index is -2.56. The first-order valence-corrected chi connectivity index (χ1v) is 13.2. The van der Waals surface area contributed by atoms with Gasteiger partial charge in [0.1, 0.15) is 22.8 Å². The number of hydrogen-bond acceptors (Lipinski definition) is 9. The zero-order valence-electron chi connectivity index (χ0n) is 21.7. The van der Waals surface area contributed by atoms with Gasteiger partial charge in [0.05, 0.1) is 5.56 Å². The molecule has 1 aromatic rings. The summed E-state index contributed by atoms with van der Waals surface area (Å²) < 4.78 is 0. The SMILES string of the molecule is CN(C)c1cc(CNC2CCCCC2)c(O)c2c1CC1CC3CC(O)=C(C(N)=O)C(=O)C3(O)C(O)=C1C2=O. The van der Waals surface area contributed by atoms with Crippen LogP contribution in [0.3, 0.4) is 0 Å². The molecule has 3 atom stereocenters. The monoisotopic (exact) mass is 525 g/mol. The Kier molecular flexibility index (Phi) is 6.51. The van der Waals surface area contributed by atoms with Crippen molar-refractivity contribution in [2.24, 2.45) is 17.6 Å². The van der Waals surface area contributed by atoms with Gasteiger partial charge in [-0.15, -0.1) is 0 Å². The molecule has 4 aliphatic rings. The van der Waals surface area contributed by atoms with Gasteiger partial charge in [-0.3, -0.25) is 14.4 Å². The van der Waals surface area contributed by atoms with Crippen molar-refractivity contribution < 1.29 is 34.8 Å². The topological polar surface area (TPSA) is 173 Å². The largest absolute Gasteiger partial charge is 0.511 e. The maximum absolute atomic E-state index is 13.9. The number of nitrogens with zero attached hydrogens (tertiary/aromatic N) is 1. The maximum Gasteiger partial charge on any atom is 0.255 e. The van der Waals surface area contributed by atoms with Crippen molar-refractivity contribution in [3.63, 3.8) is 0 Å². The number of nitrogens with two attached hydrogens (primary N) is 1. The average molecular weight is 526 g/mol. The molecule has 10 nitrogen and oxygen atoms in total. The number of carbonyl (C=O) groups is 3. The van der Waals surface area contributed by atoms with Gasteiger partial charge in [-0.1, -0.05) is 19.3 Å². The van der Waals surface area contributed by atoms with Crippen molar-refractivity contribution in [3.8, 4) is 5.75 Å². The number of aliphatic hydroxyl groups is 3. The lowest BCUT2D eigenvalue weighted by Crippen LogP contribution is -2.57. The summed E-state index contributed by atoms with van der Waals surface area (Å²) >= 11 is 0. The molecule has 0 bridgehead atoms. The van der Waals surface area contributed by atoms with Crippen molar-refractivity contribution in [3.05, 3.63) is 45.4 Å². The molecule has 5 rings (SSSR count). The molecular weight excluding hydrogens is 490 g/mol. The second-order valence-electron chi connectivity index (χ2n) is 11.3. The van der Waals surface area contributed by atoms with E-state index in [1.807, 2.05) is 25.1 Å². The number of anilines is 1. The van der Waals surface area contributed by atoms with Crippen LogP contribution in [0.4, 0.5) is 5.69 Å². The van der Waals surface area contributed by atoms with E-state index in [1.54, 1.807) is 0 Å². The fourth-order valence-corrected chi connectivity index (χ4v) is 6.82. The van der Waals surface area contributed by atoms with Gasteiger partial charge in [-0.05, 0) is 43.2 Å². The van der Waals surface area contributed by atoms with Gasteiger partial charge in [0, 0.05) is 55.8 Å². The molecule has 204 valence electrons. The molecule has 1 aromatic carbocycles. The maximum atomic E-state index is 13.9. The number of benzene rings is 1. The molecule has 0 spiro atoms. The number of hydrogen-bond donors (Lipinski definition) is 6. The number of allylic oxidation sites excluding steroid dienone is 2. The van der Waals surface area contributed by atoms with Crippen LogP contribution in [0.1, 0.15) is 66.4 Å². The first kappa shape index (κ1) is 26.2. The normalized spacial score (nSPS) is 27.7. The number of phenols is 1. The summed E-state index contributed by atoms with van der Waals surface area (Å²) in [4.78, 5) is 40.8. The number of phenolic OH excluding ortho intramolecular Hbond substituents is 1. The number of rotatable bonds is 5. The van der Waals surface area contributed by atoms with Gasteiger partial charge in [0.2, 0.25) is 5.78 Å². The summed E-state index contributed by atoms with van der Waals surface area (Å²) in [6, 6.07) is 2.21. The third kappa shape index (κ3) is 3.89. The van der Waals surface area contributed by atoms with Crippen LogP contribution < -0.4 is 16.0 Å². The van der Waals surface area contributed by atoms with Crippen molar-refractivity contribution in [1.29, 1.82) is 0 Å². The van der Waals surface area contributed by atoms with Gasteiger partial charge >= 0.3 is 0 Å². The molecule has 10 heteroatoms. The number of amides is 1. The number of aliphatic hydroxyl groups excluding tert-OH is 2. The number of carbonyl (C=O) groups excluding carboxylic acids is 3. The van der Waals surface area contributed by atoms with E-state index in [-0.39, 0.29) is 36.1 Å². The molecule has 0 heterocycles. The van der Waals surface area contributed by atoms with E-state index in [9.17, 15) is 34.8 Å². The van der Waals surface area contributed by atoms with E-state index >= 15 is 0 Å². The Morgan fingerprint density at radius 2 is 1.82 bits per heavy atom. The highest BCUT2D eigenvalue weighted by molar-refractivity contribution is 6.24. The molecule has 38 heavy (non-hydrogen) atoms. The van der Waals surface area contributed by atoms with Crippen LogP contribution in [0, 0.1) is 11.8 Å². The first-order chi connectivity index (χ1) is 18.0. The van der Waals surface area contributed by atoms with E-state index in [2.05, 4.69) is 5.32 Å². The molecule has 0 aliphatic heterocycles. The van der Waals surface area contributed by atoms with E-state index in [0.29, 0.717) is 23.7 Å². The lowest BCUT2D eigenvalue weighted by molar-refractivity contribution is -0.144. The molecule has 7 N–H and O–H groups in total. The lowest BCUT2D eigenvalue weighted by atomic mass is 9.60. The molecule has 0 aromatic heterocycles. The molecule has 1 amide bonds. The highest BCUT2D eigenvalue weighted by atomic mass is 16.3. The highest BCUT2D eigenvalue weighted by Gasteiger charge is 2.59. The second-order valence-corrected chi connectivity index (χ2v) is 11.3. The minimum absolute atomic E-state index is 0.0493. The van der Waals surface area contributed by atoms with E-state index < -0.39 is 52.0 Å². The lowest BCUT2D eigenvalue weighted by Gasteiger charge is -2.46. The molecule has 1 fully saturated rings. The van der Waals surface area contributed by atoms with Crippen LogP contribution in [0.5, 0.6) is 5.75 Å². The summed E-state index contributed by atoms with van der Waals surface area (Å²) in [6.45, 7) is 0.364. The van der Waals surface area contributed by atoms with Crippen LogP contribution in [-0.2, 0) is 22.6 Å². The van der Waals surface area contributed by atoms with E-state index in [1.165, 1.54) is 6.42 Å². The quantitative estimate of drug-likeness (QED) is 0.315. The van der Waals surface area contributed by atoms with Gasteiger partial charge in [0.15, 0.2) is 11.4 Å². The number of Topliss-reactive ketones (excluding diaryl/α,β-unsaturated/α-hetero) is 2. The molecule has 0 saturated heterocycles. The summed E-state index contributed by atoms with van der Waals surface area (Å²) in [5.74, 6) is -6.14. The van der Waals surface area contributed by atoms with Crippen molar-refractivity contribution in [1.82, 2.24) is 5.32 Å². The molecule has 1 saturated carbocycles. The zero-order chi connectivity index (χ0) is 27.5. The summed E-state index contributed by atoms with van der Waals surface area (Å²) in [7, 11) is 3.71. The fraction of sp³-hybridized carbons (Fsp3) is 0.536. The van der Waals surface area contributed by atoms with Crippen LogP contribution in [-0.4, -0.2) is 63.6 Å².